The van der Waals surface area contributed by atoms with Crippen molar-refractivity contribution >= 4 is 30.7 Å². The van der Waals surface area contributed by atoms with Crippen LogP contribution in [0, 0.1) is 11.2 Å². The molecule has 2 amide bonds. The normalized spacial score (nSPS) is 19.1. The largest absolute Gasteiger partial charge is 0.445 e. The maximum atomic E-state index is 14.2. The van der Waals surface area contributed by atoms with Crippen molar-refractivity contribution < 1.29 is 23.7 Å². The number of halogens is 2. The minimum Gasteiger partial charge on any atom is -0.445 e. The van der Waals surface area contributed by atoms with Crippen LogP contribution in [0.2, 0.25) is 11.8 Å². The lowest BCUT2D eigenvalue weighted by molar-refractivity contribution is -0.132. The van der Waals surface area contributed by atoms with Crippen molar-refractivity contribution in [3.8, 4) is 11.1 Å². The fourth-order valence-electron chi connectivity index (χ4n) is 4.83. The highest BCUT2D eigenvalue weighted by atomic mass is 35.5. The highest BCUT2D eigenvalue weighted by molar-refractivity contribution is 6.49. The Labute approximate surface area is 221 Å². The fourth-order valence-corrected chi connectivity index (χ4v) is 5.00. The molecule has 3 aromatic rings. The van der Waals surface area contributed by atoms with Crippen LogP contribution in [0.1, 0.15) is 24.5 Å². The number of nitrogens with one attached hydrogen (secondary N) is 1. The van der Waals surface area contributed by atoms with Gasteiger partial charge in [-0.3, -0.25) is 4.79 Å². The van der Waals surface area contributed by atoms with Crippen LogP contribution >= 0.6 is 11.6 Å². The third-order valence-corrected chi connectivity index (χ3v) is 6.97. The molecule has 0 spiro atoms. The van der Waals surface area contributed by atoms with Gasteiger partial charge in [0.05, 0.1) is 5.41 Å². The first-order chi connectivity index (χ1) is 17.7. The van der Waals surface area contributed by atoms with Gasteiger partial charge in [0, 0.05) is 23.2 Å². The summed E-state index contributed by atoms with van der Waals surface area (Å²) < 4.78 is 19.5. The molecule has 0 saturated carbocycles. The lowest BCUT2D eigenvalue weighted by Gasteiger charge is -2.26. The highest BCUT2D eigenvalue weighted by Crippen LogP contribution is 2.37. The van der Waals surface area contributed by atoms with Crippen LogP contribution in [-0.2, 0) is 22.6 Å². The molecule has 6 nitrogen and oxygen atoms in total. The number of nitrogens with zero attached hydrogens (tertiary/aromatic N) is 1. The summed E-state index contributed by atoms with van der Waals surface area (Å²) in [5.74, 6) is -0.585. The van der Waals surface area contributed by atoms with Crippen molar-refractivity contribution in [1.29, 1.82) is 0 Å². The Morgan fingerprint density at radius 3 is 2.54 bits per heavy atom. The third-order valence-electron chi connectivity index (χ3n) is 6.73. The highest BCUT2D eigenvalue weighted by Gasteiger charge is 2.50. The molecule has 1 fully saturated rings. The van der Waals surface area contributed by atoms with Crippen LogP contribution in [0.3, 0.4) is 0 Å². The summed E-state index contributed by atoms with van der Waals surface area (Å²) in [6.45, 7) is 3.57. The molecule has 0 unspecified atom stereocenters. The zero-order valence-electron chi connectivity index (χ0n) is 20.8. The third kappa shape index (κ3) is 6.32. The van der Waals surface area contributed by atoms with Crippen LogP contribution in [0.4, 0.5) is 9.18 Å². The van der Waals surface area contributed by atoms with Crippen LogP contribution in [-0.4, -0.2) is 41.5 Å². The zero-order chi connectivity index (χ0) is 26.6. The molecule has 3 aromatic carbocycles. The molecule has 0 aliphatic carbocycles. The number of hydrogen-bond donors (Lipinski definition) is 2. The van der Waals surface area contributed by atoms with Gasteiger partial charge >= 0.3 is 13.1 Å². The molecule has 4 rings (SSSR count). The summed E-state index contributed by atoms with van der Waals surface area (Å²) in [4.78, 5) is 27.0. The lowest BCUT2D eigenvalue weighted by atomic mass is 9.83. The molecule has 1 heterocycles. The Morgan fingerprint density at radius 2 is 1.86 bits per heavy atom. The molecule has 0 aromatic heterocycles. The van der Waals surface area contributed by atoms with Crippen molar-refractivity contribution in [3.63, 3.8) is 0 Å². The average Bonchev–Trinajstić information content (AvgIpc) is 3.13. The van der Waals surface area contributed by atoms with E-state index >= 15 is 0 Å². The van der Waals surface area contributed by atoms with Gasteiger partial charge in [-0.25, -0.2) is 9.18 Å². The second kappa shape index (κ2) is 11.4. The van der Waals surface area contributed by atoms with Crippen molar-refractivity contribution in [3.05, 3.63) is 94.8 Å². The van der Waals surface area contributed by atoms with E-state index in [1.165, 1.54) is 16.9 Å². The maximum Gasteiger partial charge on any atom is 0.412 e. The quantitative estimate of drug-likeness (QED) is 0.392. The van der Waals surface area contributed by atoms with E-state index in [0.29, 0.717) is 29.0 Å². The predicted molar refractivity (Wildman–Crippen MR) is 142 cm³/mol. The van der Waals surface area contributed by atoms with E-state index in [4.69, 9.17) is 16.3 Å². The van der Waals surface area contributed by atoms with E-state index in [1.54, 1.807) is 19.8 Å². The van der Waals surface area contributed by atoms with Gasteiger partial charge in [-0.05, 0) is 61.5 Å². The molecule has 192 valence electrons. The molecule has 0 radical (unpaired) electrons. The first-order valence-electron chi connectivity index (χ1n) is 12.2. The molecular formula is C28H29BClFN2O4. The number of amides is 2. The monoisotopic (exact) mass is 522 g/mol. The van der Waals surface area contributed by atoms with Crippen LogP contribution < -0.4 is 5.32 Å². The SMILES string of the molecule is CB(O)N1C(=O)[C@](C)(CNC(=O)OCc2ccccc2)C[C@H]1Cc1ccc(-c2cc(Cl)ccc2F)cc1. The molecular weight excluding hydrogens is 494 g/mol. The van der Waals surface area contributed by atoms with Crippen LogP contribution in [0.5, 0.6) is 0 Å². The maximum absolute atomic E-state index is 14.2. The molecule has 9 heteroatoms. The van der Waals surface area contributed by atoms with E-state index in [9.17, 15) is 19.0 Å². The van der Waals surface area contributed by atoms with Crippen molar-refractivity contribution in [2.24, 2.45) is 5.41 Å². The van der Waals surface area contributed by atoms with Crippen LogP contribution in [0.25, 0.3) is 11.1 Å². The van der Waals surface area contributed by atoms with E-state index < -0.39 is 18.6 Å². The zero-order valence-corrected chi connectivity index (χ0v) is 21.5. The van der Waals surface area contributed by atoms with Crippen molar-refractivity contribution in [2.45, 2.75) is 39.2 Å². The minimum absolute atomic E-state index is 0.0894. The summed E-state index contributed by atoms with van der Waals surface area (Å²) in [6.07, 6.45) is 0.345. The van der Waals surface area contributed by atoms with E-state index in [-0.39, 0.29) is 30.9 Å². The number of ether oxygens (including phenoxy) is 1. The Morgan fingerprint density at radius 1 is 1.16 bits per heavy atom. The first kappa shape index (κ1) is 26.7. The summed E-state index contributed by atoms with van der Waals surface area (Å²) >= 11 is 6.03. The molecule has 2 atom stereocenters. The van der Waals surface area contributed by atoms with Gasteiger partial charge in [0.25, 0.3) is 0 Å². The number of carbonyl (C=O) groups excluding carboxylic acids is 2. The smallest absolute Gasteiger partial charge is 0.412 e. The molecule has 1 aliphatic rings. The topological polar surface area (TPSA) is 78.9 Å². The number of hydrogen-bond acceptors (Lipinski definition) is 4. The van der Waals surface area contributed by atoms with Gasteiger partial charge in [-0.2, -0.15) is 0 Å². The summed E-state index contributed by atoms with van der Waals surface area (Å²) in [6, 6.07) is 20.9. The van der Waals surface area contributed by atoms with E-state index in [1.807, 2.05) is 54.6 Å². The molecule has 2 N–H and O–H groups in total. The molecule has 37 heavy (non-hydrogen) atoms. The van der Waals surface area contributed by atoms with Gasteiger partial charge < -0.3 is 19.9 Å². The Hall–Kier alpha value is -3.36. The molecule has 0 bridgehead atoms. The second-order valence-electron chi connectivity index (χ2n) is 9.70. The number of carbonyl (C=O) groups is 2. The van der Waals surface area contributed by atoms with Gasteiger partial charge in [-0.15, -0.1) is 0 Å². The predicted octanol–water partition coefficient (Wildman–Crippen LogP) is 5.33. The van der Waals surface area contributed by atoms with Crippen molar-refractivity contribution in [2.75, 3.05) is 6.54 Å². The number of benzene rings is 3. The number of rotatable bonds is 8. The molecule has 1 aliphatic heterocycles. The lowest BCUT2D eigenvalue weighted by Crippen LogP contribution is -2.48. The van der Waals surface area contributed by atoms with Crippen LogP contribution in [0.15, 0.2) is 72.8 Å². The Bertz CT molecular complexity index is 1260. The van der Waals surface area contributed by atoms with Gasteiger partial charge in [0.15, 0.2) is 0 Å². The average molecular weight is 523 g/mol. The summed E-state index contributed by atoms with van der Waals surface area (Å²) in [5, 5.41) is 13.5. The minimum atomic E-state index is -0.982. The van der Waals surface area contributed by atoms with Gasteiger partial charge in [-0.1, -0.05) is 66.2 Å². The Kier molecular flexibility index (Phi) is 8.20. The van der Waals surface area contributed by atoms with Crippen molar-refractivity contribution in [1.82, 2.24) is 10.1 Å². The van der Waals surface area contributed by atoms with Gasteiger partial charge in [0.2, 0.25) is 5.91 Å². The first-order valence-corrected chi connectivity index (χ1v) is 12.5. The molecule has 1 saturated heterocycles. The van der Waals surface area contributed by atoms with E-state index in [0.717, 1.165) is 11.1 Å². The van der Waals surface area contributed by atoms with Gasteiger partial charge in [0.1, 0.15) is 12.4 Å². The summed E-state index contributed by atoms with van der Waals surface area (Å²) in [5.41, 5.74) is 2.02. The standard InChI is InChI=1S/C28H29BClFN2O4/c1-28(18-32-27(35)37-17-20-6-4-3-5-7-20)16-23(33(26(28)34)29(2)36)14-19-8-10-21(11-9-19)24-15-22(30)12-13-25(24)31/h3-13,15,23,36H,14,16-18H2,1-2H3,(H,32,35)/t23-,28+/m1/s1. The van der Waals surface area contributed by atoms with E-state index in [2.05, 4.69) is 5.32 Å². The summed E-state index contributed by atoms with van der Waals surface area (Å²) in [7, 11) is -0.982. The second-order valence-corrected chi connectivity index (χ2v) is 10.1. The fraction of sp³-hybridized carbons (Fsp3) is 0.286. The number of alkyl carbamates (subject to hydrolysis) is 1. The Balaban J connectivity index is 1.40.